The predicted molar refractivity (Wildman–Crippen MR) is 137 cm³/mol. The zero-order valence-corrected chi connectivity index (χ0v) is 22.7. The fourth-order valence-electron chi connectivity index (χ4n) is 3.57. The Hall–Kier alpha value is -2.27. The molecule has 1 aliphatic heterocycles. The van der Waals surface area contributed by atoms with Gasteiger partial charge >= 0.3 is 6.09 Å². The molecule has 1 fully saturated rings. The van der Waals surface area contributed by atoms with Crippen molar-refractivity contribution in [3.63, 3.8) is 0 Å². The van der Waals surface area contributed by atoms with E-state index in [1.54, 1.807) is 6.92 Å². The summed E-state index contributed by atoms with van der Waals surface area (Å²) in [6, 6.07) is -0.851. The number of amides is 1. The number of guanidine groups is 1. The van der Waals surface area contributed by atoms with E-state index < -0.39 is 58.5 Å². The summed E-state index contributed by atoms with van der Waals surface area (Å²) in [5.41, 5.74) is 9.11. The van der Waals surface area contributed by atoms with Gasteiger partial charge in [-0.15, -0.1) is 6.42 Å². The van der Waals surface area contributed by atoms with Crippen molar-refractivity contribution in [3.8, 4) is 12.3 Å². The van der Waals surface area contributed by atoms with Crippen LogP contribution in [0.3, 0.4) is 0 Å². The second kappa shape index (κ2) is 18.9. The van der Waals surface area contributed by atoms with E-state index in [9.17, 15) is 28.0 Å². The van der Waals surface area contributed by atoms with Crippen LogP contribution in [0.15, 0.2) is 4.99 Å². The van der Waals surface area contributed by atoms with E-state index in [2.05, 4.69) is 16.2 Å². The van der Waals surface area contributed by atoms with Crippen molar-refractivity contribution >= 4 is 22.2 Å². The van der Waals surface area contributed by atoms with Crippen LogP contribution in [-0.4, -0.2) is 131 Å². The van der Waals surface area contributed by atoms with Crippen molar-refractivity contribution in [2.45, 2.75) is 43.1 Å². The maximum Gasteiger partial charge on any atom is 0.407 e. The molecule has 0 aromatic heterocycles. The summed E-state index contributed by atoms with van der Waals surface area (Å²) in [5.74, 6) is 1.33. The summed E-state index contributed by atoms with van der Waals surface area (Å²) in [5, 5.41) is 22.2. The van der Waals surface area contributed by atoms with Gasteiger partial charge in [-0.1, -0.05) is 12.8 Å². The summed E-state index contributed by atoms with van der Waals surface area (Å²) < 4.78 is 64.8. The number of rotatable bonds is 19. The first-order valence-electron chi connectivity index (χ1n) is 12.2. The van der Waals surface area contributed by atoms with Crippen LogP contribution >= 0.6 is 0 Å². The summed E-state index contributed by atoms with van der Waals surface area (Å²) in [4.78, 5) is 16.3. The Labute approximate surface area is 228 Å². The first-order valence-corrected chi connectivity index (χ1v) is 13.7. The van der Waals surface area contributed by atoms with E-state index in [4.69, 9.17) is 46.3 Å². The Morgan fingerprint density at radius 3 is 2.21 bits per heavy atom. The molecule has 0 aliphatic carbocycles. The van der Waals surface area contributed by atoms with E-state index in [1.807, 2.05) is 0 Å². The monoisotopic (exact) mass is 584 g/mol. The molecule has 0 spiro atoms. The number of aliphatic hydroxyl groups excluding tert-OH is 2. The van der Waals surface area contributed by atoms with Crippen molar-refractivity contribution in [2.75, 3.05) is 66.0 Å². The van der Waals surface area contributed by atoms with Gasteiger partial charge in [-0.25, -0.2) is 9.79 Å². The van der Waals surface area contributed by atoms with E-state index in [-0.39, 0.29) is 38.7 Å². The molecule has 16 nitrogen and oxygen atoms in total. The number of hydrogen-bond acceptors (Lipinski definition) is 12. The molecule has 0 unspecified atom stereocenters. The highest BCUT2D eigenvalue weighted by atomic mass is 32.2. The lowest BCUT2D eigenvalue weighted by molar-refractivity contribution is -0.151. The Balaban J connectivity index is 2.47. The molecule has 226 valence electrons. The second-order valence-electron chi connectivity index (χ2n) is 8.40. The Morgan fingerprint density at radius 1 is 1.13 bits per heavy atom. The summed E-state index contributed by atoms with van der Waals surface area (Å²) in [6.45, 7) is 3.24. The lowest BCUT2D eigenvalue weighted by Crippen LogP contribution is -2.56. The number of carbonyl (C=O) groups excluding carboxylic acids is 1. The third kappa shape index (κ3) is 14.1. The third-order valence-electron chi connectivity index (χ3n) is 5.47. The maximum atomic E-state index is 12.3. The molecule has 1 heterocycles. The van der Waals surface area contributed by atoms with Crippen molar-refractivity contribution in [2.24, 2.45) is 22.4 Å². The molecule has 17 heteroatoms. The number of nitrogens with two attached hydrogens (primary N) is 2. The van der Waals surface area contributed by atoms with Gasteiger partial charge in [-0.05, 0) is 0 Å². The highest BCUT2D eigenvalue weighted by Crippen LogP contribution is 2.33. The van der Waals surface area contributed by atoms with Gasteiger partial charge in [0.1, 0.15) is 18.8 Å². The second-order valence-corrected chi connectivity index (χ2v) is 9.96. The van der Waals surface area contributed by atoms with Crippen molar-refractivity contribution in [1.82, 2.24) is 5.32 Å². The predicted octanol–water partition coefficient (Wildman–Crippen LogP) is -2.59. The molecule has 0 bridgehead atoms. The molecular weight excluding hydrogens is 544 g/mol. The normalized spacial score (nSPS) is 22.8. The SMILES string of the molecule is C#CCOCCOCCOCCOCCNC(=O)O[C@@H]([C@@H]1O[C@H](S(=O)(=O)O)C[C@H](N=C(N)N)[C@H]1C)[C@H](O)CO. The largest absolute Gasteiger partial charge is 0.441 e. The number of nitrogens with one attached hydrogen (secondary N) is 1. The average molecular weight is 585 g/mol. The Morgan fingerprint density at radius 2 is 1.69 bits per heavy atom. The van der Waals surface area contributed by atoms with Crippen LogP contribution < -0.4 is 16.8 Å². The van der Waals surface area contributed by atoms with Crippen LogP contribution in [0.25, 0.3) is 0 Å². The summed E-state index contributed by atoms with van der Waals surface area (Å²) in [7, 11) is -4.70. The number of terminal acetylenes is 1. The maximum absolute atomic E-state index is 12.3. The minimum atomic E-state index is -4.70. The molecule has 0 aromatic rings. The highest BCUT2D eigenvalue weighted by molar-refractivity contribution is 7.86. The van der Waals surface area contributed by atoms with Crippen molar-refractivity contribution in [1.29, 1.82) is 0 Å². The van der Waals surface area contributed by atoms with Gasteiger partial charge in [0.25, 0.3) is 10.1 Å². The van der Waals surface area contributed by atoms with Crippen molar-refractivity contribution < 1.29 is 56.4 Å². The van der Waals surface area contributed by atoms with Gasteiger partial charge in [0.15, 0.2) is 17.5 Å². The van der Waals surface area contributed by atoms with Crippen LogP contribution in [-0.2, 0) is 38.5 Å². The van der Waals surface area contributed by atoms with Crippen LogP contribution in [0, 0.1) is 18.3 Å². The Bertz CT molecular complexity index is 881. The molecule has 1 saturated heterocycles. The number of alkyl carbamates (subject to hydrolysis) is 1. The average Bonchev–Trinajstić information content (AvgIpc) is 2.87. The molecule has 1 amide bonds. The molecule has 8 N–H and O–H groups in total. The quantitative estimate of drug-likeness (QED) is 0.0300. The highest BCUT2D eigenvalue weighted by Gasteiger charge is 2.47. The number of aliphatic hydroxyl groups is 2. The number of ether oxygens (including phenoxy) is 6. The number of nitrogens with zero attached hydrogens (tertiary/aromatic N) is 1. The fourth-order valence-corrected chi connectivity index (χ4v) is 4.27. The smallest absolute Gasteiger partial charge is 0.407 e. The van der Waals surface area contributed by atoms with Gasteiger partial charge in [0.2, 0.25) is 0 Å². The summed E-state index contributed by atoms with van der Waals surface area (Å²) >= 11 is 0. The molecule has 0 radical (unpaired) electrons. The summed E-state index contributed by atoms with van der Waals surface area (Å²) in [6.07, 6.45) is -0.670. The minimum Gasteiger partial charge on any atom is -0.441 e. The molecule has 1 aliphatic rings. The molecule has 39 heavy (non-hydrogen) atoms. The van der Waals surface area contributed by atoms with Crippen LogP contribution in [0.5, 0.6) is 0 Å². The Kier molecular flexibility index (Phi) is 16.9. The number of aliphatic imine (C=N–C) groups is 1. The lowest BCUT2D eigenvalue weighted by Gasteiger charge is -2.41. The van der Waals surface area contributed by atoms with Gasteiger partial charge in [0.05, 0.1) is 58.9 Å². The van der Waals surface area contributed by atoms with Gasteiger partial charge < -0.3 is 55.4 Å². The van der Waals surface area contributed by atoms with Gasteiger partial charge in [-0.2, -0.15) is 8.42 Å². The number of hydrogen-bond donors (Lipinski definition) is 6. The third-order valence-corrected chi connectivity index (χ3v) is 6.43. The first-order chi connectivity index (χ1) is 18.5. The van der Waals surface area contributed by atoms with E-state index in [0.717, 1.165) is 0 Å². The number of carbonyl (C=O) groups is 1. The molecule has 0 saturated carbocycles. The van der Waals surface area contributed by atoms with Crippen LogP contribution in [0.4, 0.5) is 4.79 Å². The topological polar surface area (TPSA) is 244 Å². The first kappa shape index (κ1) is 34.8. The molecule has 6 atom stereocenters. The van der Waals surface area contributed by atoms with Gasteiger partial charge in [0, 0.05) is 18.9 Å². The van der Waals surface area contributed by atoms with Gasteiger partial charge in [-0.3, -0.25) is 4.55 Å². The fraction of sp³-hybridized carbons (Fsp3) is 0.818. The standard InChI is InChI=1S/C22H40N4O12S/c1-3-5-33-7-9-35-11-12-36-10-8-34-6-4-25-22(29)38-20(17(28)14-27)19-15(2)16(26-21(23)24)13-18(37-19)39(30,31)32/h1,15-20,27-28H,4-14H2,2H3,(H,25,29)(H4,23,24,26)(H,30,31,32)/t15-,16+,17-,18-,19-,20-/m1/s1. The van der Waals surface area contributed by atoms with E-state index in [1.165, 1.54) is 0 Å². The zero-order chi connectivity index (χ0) is 29.3. The van der Waals surface area contributed by atoms with Crippen LogP contribution in [0.1, 0.15) is 13.3 Å². The lowest BCUT2D eigenvalue weighted by atomic mass is 9.86. The molecule has 0 aromatic carbocycles. The molecular formula is C22H40N4O12S. The minimum absolute atomic E-state index is 0.0346. The van der Waals surface area contributed by atoms with Crippen LogP contribution in [0.2, 0.25) is 0 Å². The van der Waals surface area contributed by atoms with Crippen molar-refractivity contribution in [3.05, 3.63) is 0 Å². The molecule has 1 rings (SSSR count). The zero-order valence-electron chi connectivity index (χ0n) is 21.8. The van der Waals surface area contributed by atoms with E-state index >= 15 is 0 Å². The van der Waals surface area contributed by atoms with E-state index in [0.29, 0.717) is 33.0 Å².